The first-order valence-corrected chi connectivity index (χ1v) is 8.00. The lowest BCUT2D eigenvalue weighted by atomic mass is 9.45. The van der Waals surface area contributed by atoms with Gasteiger partial charge in [-0.25, -0.2) is 0 Å². The Hall–Kier alpha value is -0.530. The number of fused-ring (bicyclic) bond motifs is 3. The molecule has 0 radical (unpaired) electrons. The van der Waals surface area contributed by atoms with Crippen LogP contribution in [-0.2, 0) is 9.53 Å². The Balaban J connectivity index is 1.97. The van der Waals surface area contributed by atoms with Gasteiger partial charge in [-0.15, -0.1) is 0 Å². The summed E-state index contributed by atoms with van der Waals surface area (Å²) in [4.78, 5) is 11.7. The predicted molar refractivity (Wildman–Crippen MR) is 75.7 cm³/mol. The molecule has 2 heteroatoms. The predicted octanol–water partition coefficient (Wildman–Crippen LogP) is 4.32. The number of carbonyl (C=O) groups is 1. The molecule has 0 aromatic heterocycles. The van der Waals surface area contributed by atoms with Crippen molar-refractivity contribution in [3.63, 3.8) is 0 Å². The van der Waals surface area contributed by atoms with E-state index in [4.69, 9.17) is 4.74 Å². The number of rotatable bonds is 0. The second-order valence-electron chi connectivity index (χ2n) is 8.32. The van der Waals surface area contributed by atoms with Gasteiger partial charge < -0.3 is 4.74 Å². The second-order valence-corrected chi connectivity index (χ2v) is 8.32. The molecule has 19 heavy (non-hydrogen) atoms. The third kappa shape index (κ3) is 1.86. The highest BCUT2D eigenvalue weighted by Crippen LogP contribution is 2.64. The third-order valence-corrected chi connectivity index (χ3v) is 6.72. The number of hydrogen-bond acceptors (Lipinski definition) is 2. The Morgan fingerprint density at radius 3 is 2.47 bits per heavy atom. The maximum Gasteiger partial charge on any atom is 0.306 e. The zero-order chi connectivity index (χ0) is 13.9. The van der Waals surface area contributed by atoms with Gasteiger partial charge >= 0.3 is 5.97 Å². The Morgan fingerprint density at radius 1 is 1.00 bits per heavy atom. The molecule has 2 saturated carbocycles. The van der Waals surface area contributed by atoms with Crippen LogP contribution in [0.5, 0.6) is 0 Å². The van der Waals surface area contributed by atoms with E-state index in [-0.39, 0.29) is 11.6 Å². The first-order chi connectivity index (χ1) is 8.78. The molecule has 0 aromatic carbocycles. The van der Waals surface area contributed by atoms with E-state index in [1.165, 1.54) is 25.7 Å². The Kier molecular flexibility index (Phi) is 2.82. The third-order valence-electron chi connectivity index (χ3n) is 6.72. The first kappa shape index (κ1) is 13.5. The molecule has 3 fully saturated rings. The van der Waals surface area contributed by atoms with Gasteiger partial charge in [0.2, 0.25) is 0 Å². The van der Waals surface area contributed by atoms with Crippen LogP contribution >= 0.6 is 0 Å². The van der Waals surface area contributed by atoms with Crippen molar-refractivity contribution >= 4 is 5.97 Å². The average Bonchev–Trinajstić information content (AvgIpc) is 2.25. The van der Waals surface area contributed by atoms with E-state index in [0.717, 1.165) is 18.8 Å². The normalized spacial score (nSPS) is 48.9. The molecule has 0 amide bonds. The molecule has 1 saturated heterocycles. The average molecular weight is 264 g/mol. The smallest absolute Gasteiger partial charge is 0.306 e. The van der Waals surface area contributed by atoms with Crippen molar-refractivity contribution in [2.45, 2.75) is 78.2 Å². The van der Waals surface area contributed by atoms with Crippen molar-refractivity contribution in [3.05, 3.63) is 0 Å². The highest BCUT2D eigenvalue weighted by Gasteiger charge is 2.60. The van der Waals surface area contributed by atoms with Gasteiger partial charge in [0.05, 0.1) is 0 Å². The van der Waals surface area contributed by atoms with E-state index >= 15 is 0 Å². The Bertz CT molecular complexity index is 400. The highest BCUT2D eigenvalue weighted by atomic mass is 16.6. The van der Waals surface area contributed by atoms with Gasteiger partial charge in [-0.05, 0) is 55.8 Å². The standard InChI is InChI=1S/C17H28O2/c1-15(2)9-5-10-16(3)12(15)8-11-17(4)13(16)6-7-14(18)19-17/h12-13H,5-11H2,1-4H3/t12-,13-,16-,17+/m0/s1. The SMILES string of the molecule is CC1(C)CCC[C@@]2(C)[C@H]1CC[C@@]1(C)OC(=O)CC[C@@H]21. The van der Waals surface area contributed by atoms with Gasteiger partial charge in [-0.2, -0.15) is 0 Å². The fourth-order valence-electron chi connectivity index (χ4n) is 5.94. The monoisotopic (exact) mass is 264 g/mol. The molecule has 2 aliphatic carbocycles. The van der Waals surface area contributed by atoms with Crippen LogP contribution in [0.15, 0.2) is 0 Å². The molecule has 108 valence electrons. The van der Waals surface area contributed by atoms with Crippen LogP contribution in [0.4, 0.5) is 0 Å². The topological polar surface area (TPSA) is 26.3 Å². The molecule has 0 N–H and O–H groups in total. The summed E-state index contributed by atoms with van der Waals surface area (Å²) in [6, 6.07) is 0. The Morgan fingerprint density at radius 2 is 1.74 bits per heavy atom. The summed E-state index contributed by atoms with van der Waals surface area (Å²) in [5.41, 5.74) is 0.638. The quantitative estimate of drug-likeness (QED) is 0.609. The molecule has 1 aliphatic heterocycles. The highest BCUT2D eigenvalue weighted by molar-refractivity contribution is 5.71. The largest absolute Gasteiger partial charge is 0.459 e. The summed E-state index contributed by atoms with van der Waals surface area (Å²) >= 11 is 0. The fraction of sp³-hybridized carbons (Fsp3) is 0.941. The van der Waals surface area contributed by atoms with Gasteiger partial charge in [0.1, 0.15) is 5.60 Å². The van der Waals surface area contributed by atoms with Crippen molar-refractivity contribution in [1.29, 1.82) is 0 Å². The number of ether oxygens (including phenoxy) is 1. The number of esters is 1. The summed E-state index contributed by atoms with van der Waals surface area (Å²) < 4.78 is 5.82. The molecule has 3 aliphatic rings. The lowest BCUT2D eigenvalue weighted by Gasteiger charge is -2.62. The molecule has 0 unspecified atom stereocenters. The molecule has 0 aromatic rings. The van der Waals surface area contributed by atoms with Gasteiger partial charge in [0, 0.05) is 12.3 Å². The van der Waals surface area contributed by atoms with Gasteiger partial charge in [0.25, 0.3) is 0 Å². The molecule has 0 spiro atoms. The lowest BCUT2D eigenvalue weighted by Crippen LogP contribution is -2.60. The van der Waals surface area contributed by atoms with Crippen LogP contribution in [0.1, 0.15) is 72.6 Å². The molecule has 2 nitrogen and oxygen atoms in total. The van der Waals surface area contributed by atoms with E-state index in [1.54, 1.807) is 0 Å². The molecular formula is C17H28O2. The molecule has 3 rings (SSSR count). The fourth-order valence-corrected chi connectivity index (χ4v) is 5.94. The lowest BCUT2D eigenvalue weighted by molar-refractivity contribution is -0.215. The van der Waals surface area contributed by atoms with E-state index < -0.39 is 0 Å². The van der Waals surface area contributed by atoms with Crippen LogP contribution in [0.2, 0.25) is 0 Å². The second kappa shape index (κ2) is 3.99. The zero-order valence-electron chi connectivity index (χ0n) is 12.9. The minimum atomic E-state index is -0.187. The van der Waals surface area contributed by atoms with Crippen LogP contribution in [0.3, 0.4) is 0 Å². The summed E-state index contributed by atoms with van der Waals surface area (Å²) in [6.45, 7) is 9.58. The van der Waals surface area contributed by atoms with Crippen LogP contribution in [-0.4, -0.2) is 11.6 Å². The maximum absolute atomic E-state index is 11.7. The number of carbonyl (C=O) groups excluding carboxylic acids is 1. The van der Waals surface area contributed by atoms with Crippen molar-refractivity contribution in [2.24, 2.45) is 22.7 Å². The Labute approximate surface area is 117 Å². The first-order valence-electron chi connectivity index (χ1n) is 8.00. The van der Waals surface area contributed by atoms with E-state index in [9.17, 15) is 4.79 Å². The summed E-state index contributed by atoms with van der Waals surface area (Å²) in [6.07, 6.45) is 7.97. The maximum atomic E-state index is 11.7. The van der Waals surface area contributed by atoms with E-state index in [1.807, 2.05) is 0 Å². The molecular weight excluding hydrogens is 236 g/mol. The van der Waals surface area contributed by atoms with Gasteiger partial charge in [-0.3, -0.25) is 4.79 Å². The van der Waals surface area contributed by atoms with E-state index in [0.29, 0.717) is 23.2 Å². The molecule has 0 bridgehead atoms. The number of hydrogen-bond donors (Lipinski definition) is 0. The van der Waals surface area contributed by atoms with Crippen molar-refractivity contribution < 1.29 is 9.53 Å². The van der Waals surface area contributed by atoms with Crippen molar-refractivity contribution in [1.82, 2.24) is 0 Å². The van der Waals surface area contributed by atoms with Crippen molar-refractivity contribution in [3.8, 4) is 0 Å². The van der Waals surface area contributed by atoms with Crippen LogP contribution < -0.4 is 0 Å². The summed E-state index contributed by atoms with van der Waals surface area (Å²) in [7, 11) is 0. The summed E-state index contributed by atoms with van der Waals surface area (Å²) in [5.74, 6) is 1.38. The van der Waals surface area contributed by atoms with E-state index in [2.05, 4.69) is 27.7 Å². The summed E-state index contributed by atoms with van der Waals surface area (Å²) in [5, 5.41) is 0. The minimum absolute atomic E-state index is 0.0240. The zero-order valence-corrected chi connectivity index (χ0v) is 12.9. The van der Waals surface area contributed by atoms with Crippen molar-refractivity contribution in [2.75, 3.05) is 0 Å². The van der Waals surface area contributed by atoms with Crippen LogP contribution in [0.25, 0.3) is 0 Å². The van der Waals surface area contributed by atoms with Gasteiger partial charge in [-0.1, -0.05) is 27.2 Å². The molecule has 1 heterocycles. The minimum Gasteiger partial charge on any atom is -0.459 e. The van der Waals surface area contributed by atoms with Gasteiger partial charge in [0.15, 0.2) is 0 Å². The van der Waals surface area contributed by atoms with Crippen LogP contribution in [0, 0.1) is 22.7 Å². The molecule has 4 atom stereocenters.